The van der Waals surface area contributed by atoms with Crippen LogP contribution in [0.3, 0.4) is 0 Å². The maximum absolute atomic E-state index is 11.2. The van der Waals surface area contributed by atoms with Gasteiger partial charge in [0.15, 0.2) is 5.79 Å². The Morgan fingerprint density at radius 1 is 0.806 bits per heavy atom. The molecule has 4 aliphatic carbocycles. The average molecular weight is 433 g/mol. The summed E-state index contributed by atoms with van der Waals surface area (Å²) in [5.41, 5.74) is 0.495. The van der Waals surface area contributed by atoms with Gasteiger partial charge >= 0.3 is 0 Å². The molecule has 13 atom stereocenters. The lowest BCUT2D eigenvalue weighted by molar-refractivity contribution is -0.273. The molecule has 1 spiro atoms. The van der Waals surface area contributed by atoms with Crippen molar-refractivity contribution < 1.29 is 19.7 Å². The maximum Gasteiger partial charge on any atom is 0.171 e. The summed E-state index contributed by atoms with van der Waals surface area (Å²) in [5, 5.41) is 21.5. The fourth-order valence-corrected chi connectivity index (χ4v) is 10.3. The summed E-state index contributed by atoms with van der Waals surface area (Å²) < 4.78 is 13.3. The highest BCUT2D eigenvalue weighted by Crippen LogP contribution is 2.71. The van der Waals surface area contributed by atoms with E-state index in [1.54, 1.807) is 0 Å². The normalized spacial score (nSPS) is 63.3. The molecule has 176 valence electrons. The van der Waals surface area contributed by atoms with Crippen LogP contribution < -0.4 is 0 Å². The minimum Gasteiger partial charge on any atom is -0.393 e. The first-order valence-electron chi connectivity index (χ1n) is 13.4. The van der Waals surface area contributed by atoms with Crippen LogP contribution in [0.2, 0.25) is 0 Å². The summed E-state index contributed by atoms with van der Waals surface area (Å²) in [7, 11) is 0. The Morgan fingerprint density at radius 3 is 2.32 bits per heavy atom. The number of rotatable bonds is 0. The number of aliphatic hydroxyl groups excluding tert-OH is 2. The van der Waals surface area contributed by atoms with Crippen molar-refractivity contribution in [1.29, 1.82) is 0 Å². The van der Waals surface area contributed by atoms with Gasteiger partial charge in [-0.15, -0.1) is 0 Å². The predicted molar refractivity (Wildman–Crippen MR) is 119 cm³/mol. The molecular formula is C27H44O4. The van der Waals surface area contributed by atoms with Crippen molar-refractivity contribution in [3.05, 3.63) is 0 Å². The van der Waals surface area contributed by atoms with Crippen LogP contribution in [0, 0.1) is 52.3 Å². The second-order valence-corrected chi connectivity index (χ2v) is 13.2. The Hall–Kier alpha value is -0.160. The molecule has 2 heterocycles. The van der Waals surface area contributed by atoms with Crippen molar-refractivity contribution in [2.24, 2.45) is 52.3 Å². The smallest absolute Gasteiger partial charge is 0.171 e. The highest BCUT2D eigenvalue weighted by atomic mass is 16.7. The van der Waals surface area contributed by atoms with Gasteiger partial charge in [0.05, 0.1) is 24.9 Å². The molecule has 6 aliphatic rings. The van der Waals surface area contributed by atoms with Gasteiger partial charge in [-0.3, -0.25) is 0 Å². The molecule has 4 nitrogen and oxygen atoms in total. The number of aliphatic hydroxyl groups is 2. The van der Waals surface area contributed by atoms with Crippen molar-refractivity contribution in [3.8, 4) is 0 Å². The van der Waals surface area contributed by atoms with Gasteiger partial charge in [-0.25, -0.2) is 0 Å². The quantitative estimate of drug-likeness (QED) is 0.579. The Balaban J connectivity index is 1.28. The molecule has 0 aromatic heterocycles. The van der Waals surface area contributed by atoms with Crippen LogP contribution in [-0.4, -0.2) is 40.9 Å². The number of hydrogen-bond acceptors (Lipinski definition) is 4. The molecule has 0 radical (unpaired) electrons. The lowest BCUT2D eigenvalue weighted by Gasteiger charge is -2.62. The molecule has 13 unspecified atom stereocenters. The van der Waals surface area contributed by atoms with Gasteiger partial charge in [0.25, 0.3) is 0 Å². The minimum atomic E-state index is -0.338. The third-order valence-corrected chi connectivity index (χ3v) is 11.9. The van der Waals surface area contributed by atoms with Crippen molar-refractivity contribution in [2.75, 3.05) is 6.61 Å². The van der Waals surface area contributed by atoms with Gasteiger partial charge < -0.3 is 19.7 Å². The van der Waals surface area contributed by atoms with E-state index in [1.165, 1.54) is 19.3 Å². The molecule has 2 saturated heterocycles. The van der Waals surface area contributed by atoms with Crippen LogP contribution in [0.5, 0.6) is 0 Å². The highest BCUT2D eigenvalue weighted by molar-refractivity contribution is 5.16. The number of hydrogen-bond donors (Lipinski definition) is 2. The van der Waals surface area contributed by atoms with Crippen LogP contribution in [0.4, 0.5) is 0 Å². The zero-order valence-corrected chi connectivity index (χ0v) is 20.1. The second-order valence-electron chi connectivity index (χ2n) is 13.2. The average Bonchev–Trinajstić information content (AvgIpc) is 3.17. The van der Waals surface area contributed by atoms with E-state index in [4.69, 9.17) is 9.47 Å². The zero-order chi connectivity index (χ0) is 21.8. The summed E-state index contributed by atoms with van der Waals surface area (Å²) in [6, 6.07) is 0. The Morgan fingerprint density at radius 2 is 1.58 bits per heavy atom. The third-order valence-electron chi connectivity index (χ3n) is 11.9. The van der Waals surface area contributed by atoms with E-state index in [2.05, 4.69) is 27.7 Å². The molecule has 6 fully saturated rings. The molecule has 4 saturated carbocycles. The van der Waals surface area contributed by atoms with Crippen molar-refractivity contribution >= 4 is 0 Å². The fraction of sp³-hybridized carbons (Fsp3) is 1.00. The molecule has 2 N–H and O–H groups in total. The van der Waals surface area contributed by atoms with Gasteiger partial charge in [-0.1, -0.05) is 27.7 Å². The van der Waals surface area contributed by atoms with Crippen molar-refractivity contribution in [2.45, 2.75) is 110 Å². The third kappa shape index (κ3) is 2.80. The fourth-order valence-electron chi connectivity index (χ4n) is 10.3. The first-order chi connectivity index (χ1) is 14.7. The lowest BCUT2D eigenvalue weighted by Crippen LogP contribution is -2.58. The lowest BCUT2D eigenvalue weighted by atomic mass is 9.43. The van der Waals surface area contributed by atoms with Crippen LogP contribution in [0.1, 0.15) is 85.5 Å². The highest BCUT2D eigenvalue weighted by Gasteiger charge is 2.69. The second kappa shape index (κ2) is 6.93. The van der Waals surface area contributed by atoms with Gasteiger partial charge in [0.2, 0.25) is 0 Å². The van der Waals surface area contributed by atoms with Gasteiger partial charge in [-0.2, -0.15) is 0 Å². The molecule has 0 amide bonds. The Labute approximate surface area is 188 Å². The SMILES string of the molecule is CC1CCC2(OC1)OC1CC3C4CC(O)C5CC(O)CCC5(C)C4CCC3(C)C1C2C. The molecule has 6 rings (SSSR count). The van der Waals surface area contributed by atoms with Crippen molar-refractivity contribution in [3.63, 3.8) is 0 Å². The minimum absolute atomic E-state index is 0.191. The monoisotopic (exact) mass is 432 g/mol. The largest absolute Gasteiger partial charge is 0.393 e. The van der Waals surface area contributed by atoms with Crippen LogP contribution >= 0.6 is 0 Å². The Bertz CT molecular complexity index is 716. The van der Waals surface area contributed by atoms with Crippen LogP contribution in [-0.2, 0) is 9.47 Å². The number of ether oxygens (including phenoxy) is 2. The van der Waals surface area contributed by atoms with E-state index in [1.807, 2.05) is 0 Å². The van der Waals surface area contributed by atoms with E-state index in [-0.39, 0.29) is 29.3 Å². The first-order valence-corrected chi connectivity index (χ1v) is 13.4. The maximum atomic E-state index is 11.2. The molecule has 4 heteroatoms. The zero-order valence-electron chi connectivity index (χ0n) is 20.1. The first kappa shape index (κ1) is 21.4. The van der Waals surface area contributed by atoms with E-state index >= 15 is 0 Å². The molecule has 0 aromatic carbocycles. The topological polar surface area (TPSA) is 58.9 Å². The van der Waals surface area contributed by atoms with E-state index in [0.29, 0.717) is 47.0 Å². The van der Waals surface area contributed by atoms with Gasteiger partial charge in [0.1, 0.15) is 0 Å². The van der Waals surface area contributed by atoms with Crippen LogP contribution in [0.25, 0.3) is 0 Å². The summed E-state index contributed by atoms with van der Waals surface area (Å²) in [4.78, 5) is 0. The molecule has 0 bridgehead atoms. The Kier molecular flexibility index (Phi) is 4.78. The van der Waals surface area contributed by atoms with E-state index in [0.717, 1.165) is 45.1 Å². The van der Waals surface area contributed by atoms with Gasteiger partial charge in [-0.05, 0) is 97.7 Å². The van der Waals surface area contributed by atoms with E-state index in [9.17, 15) is 10.2 Å². The van der Waals surface area contributed by atoms with Crippen LogP contribution in [0.15, 0.2) is 0 Å². The standard InChI is InChI=1S/C27H44O4/c1-15-5-10-27(30-14-15)16(2)24-23(31-27)13-20-18-12-22(29)21-11-17(28)6-8-25(21,3)19(18)7-9-26(20,24)4/h15-24,28-29H,5-14H2,1-4H3. The molecule has 0 aromatic rings. The summed E-state index contributed by atoms with van der Waals surface area (Å²) >= 11 is 0. The molecule has 2 aliphatic heterocycles. The predicted octanol–water partition coefficient (Wildman–Crippen LogP) is 4.76. The number of fused-ring (bicyclic) bond motifs is 7. The molecule has 31 heavy (non-hydrogen) atoms. The molecular weight excluding hydrogens is 388 g/mol. The summed E-state index contributed by atoms with van der Waals surface area (Å²) in [6.45, 7) is 10.6. The summed E-state index contributed by atoms with van der Waals surface area (Å²) in [6.07, 6.45) is 9.58. The summed E-state index contributed by atoms with van der Waals surface area (Å²) in [5.74, 6) is 3.58. The van der Waals surface area contributed by atoms with E-state index < -0.39 is 0 Å². The van der Waals surface area contributed by atoms with Crippen molar-refractivity contribution in [1.82, 2.24) is 0 Å². The van der Waals surface area contributed by atoms with Gasteiger partial charge in [0, 0.05) is 12.3 Å².